The van der Waals surface area contributed by atoms with Crippen molar-refractivity contribution in [3.63, 3.8) is 0 Å². The van der Waals surface area contributed by atoms with Crippen molar-refractivity contribution in [3.8, 4) is 5.75 Å². The predicted octanol–water partition coefficient (Wildman–Crippen LogP) is 5.02. The van der Waals surface area contributed by atoms with Crippen LogP contribution in [-0.4, -0.2) is 23.1 Å². The van der Waals surface area contributed by atoms with Gasteiger partial charge in [0.2, 0.25) is 5.89 Å². The van der Waals surface area contributed by atoms with Gasteiger partial charge in [0, 0.05) is 17.5 Å². The fourth-order valence-corrected chi connectivity index (χ4v) is 2.47. The highest BCUT2D eigenvalue weighted by molar-refractivity contribution is 14.0. The summed E-state index contributed by atoms with van der Waals surface area (Å²) in [5, 5.41) is 6.54. The highest BCUT2D eigenvalue weighted by Gasteiger charge is 2.19. The lowest BCUT2D eigenvalue weighted by atomic mass is 9.94. The largest absolute Gasteiger partial charge is 0.488 e. The van der Waals surface area contributed by atoms with Crippen molar-refractivity contribution >= 4 is 29.9 Å². The fraction of sp³-hybridized carbons (Fsp3) is 0.545. The number of aromatic nitrogens is 1. The number of guanidine groups is 1. The molecule has 29 heavy (non-hydrogen) atoms. The topological polar surface area (TPSA) is 71.7 Å². The second kappa shape index (κ2) is 10.8. The standard InChI is InChI=1S/C22H34N4O2.HI/c1-8-23-20(26-15-19-24-14-18(27-19)21(2,3)4)25-13-16-11-9-10-12-17(16)28-22(5,6)7;/h9-12,14H,8,13,15H2,1-7H3,(H2,23,25,26);1H. The van der Waals surface area contributed by atoms with E-state index in [0.29, 0.717) is 24.9 Å². The van der Waals surface area contributed by atoms with E-state index >= 15 is 0 Å². The summed E-state index contributed by atoms with van der Waals surface area (Å²) in [5.74, 6) is 3.09. The molecule has 0 amide bonds. The first-order chi connectivity index (χ1) is 13.1. The van der Waals surface area contributed by atoms with Crippen molar-refractivity contribution in [3.05, 3.63) is 47.7 Å². The summed E-state index contributed by atoms with van der Waals surface area (Å²) < 4.78 is 11.9. The molecule has 0 aliphatic carbocycles. The molecule has 0 aliphatic heterocycles. The van der Waals surface area contributed by atoms with Crippen LogP contribution in [0.25, 0.3) is 0 Å². The van der Waals surface area contributed by atoms with Gasteiger partial charge in [-0.2, -0.15) is 0 Å². The van der Waals surface area contributed by atoms with Crippen LogP contribution in [0, 0.1) is 0 Å². The number of nitrogens with one attached hydrogen (secondary N) is 2. The van der Waals surface area contributed by atoms with E-state index in [1.165, 1.54) is 0 Å². The zero-order valence-corrected chi connectivity index (χ0v) is 21.0. The molecule has 0 radical (unpaired) electrons. The fourth-order valence-electron chi connectivity index (χ4n) is 2.47. The lowest BCUT2D eigenvalue weighted by Gasteiger charge is -2.23. The first-order valence-corrected chi connectivity index (χ1v) is 9.83. The van der Waals surface area contributed by atoms with Gasteiger partial charge in [-0.3, -0.25) is 0 Å². The summed E-state index contributed by atoms with van der Waals surface area (Å²) in [6.07, 6.45) is 1.79. The monoisotopic (exact) mass is 514 g/mol. The van der Waals surface area contributed by atoms with E-state index in [1.807, 2.05) is 52.0 Å². The molecule has 0 unspecified atom stereocenters. The third-order valence-corrected chi connectivity index (χ3v) is 3.84. The number of nitrogens with zero attached hydrogens (tertiary/aromatic N) is 2. The number of ether oxygens (including phenoxy) is 1. The molecule has 0 fully saturated rings. The Morgan fingerprint density at radius 3 is 2.38 bits per heavy atom. The van der Waals surface area contributed by atoms with E-state index < -0.39 is 0 Å². The molecule has 1 heterocycles. The summed E-state index contributed by atoms with van der Waals surface area (Å²) in [5.41, 5.74) is 0.736. The first-order valence-electron chi connectivity index (χ1n) is 9.83. The molecule has 6 nitrogen and oxygen atoms in total. The average molecular weight is 514 g/mol. The minimum absolute atomic E-state index is 0. The summed E-state index contributed by atoms with van der Waals surface area (Å²) in [4.78, 5) is 9.05. The van der Waals surface area contributed by atoms with Gasteiger partial charge in [-0.05, 0) is 33.8 Å². The smallest absolute Gasteiger partial charge is 0.213 e. The zero-order valence-electron chi connectivity index (χ0n) is 18.6. The van der Waals surface area contributed by atoms with Crippen LogP contribution in [0.3, 0.4) is 0 Å². The number of halogens is 1. The Morgan fingerprint density at radius 2 is 1.79 bits per heavy atom. The van der Waals surface area contributed by atoms with Gasteiger partial charge in [0.05, 0.1) is 19.3 Å². The molecule has 1 aromatic carbocycles. The van der Waals surface area contributed by atoms with Crippen LogP contribution in [0.4, 0.5) is 0 Å². The second-order valence-electron chi connectivity index (χ2n) is 8.74. The summed E-state index contributed by atoms with van der Waals surface area (Å²) in [6.45, 7) is 16.2. The van der Waals surface area contributed by atoms with Gasteiger partial charge in [-0.1, -0.05) is 39.0 Å². The minimum Gasteiger partial charge on any atom is -0.488 e. The lowest BCUT2D eigenvalue weighted by molar-refractivity contribution is 0.129. The van der Waals surface area contributed by atoms with Crippen molar-refractivity contribution in [1.29, 1.82) is 0 Å². The molecule has 0 aliphatic rings. The molecule has 2 aromatic rings. The highest BCUT2D eigenvalue weighted by atomic mass is 127. The number of rotatable bonds is 6. The van der Waals surface area contributed by atoms with Crippen molar-refractivity contribution in [1.82, 2.24) is 15.6 Å². The molecule has 0 bridgehead atoms. The van der Waals surface area contributed by atoms with E-state index in [0.717, 1.165) is 23.6 Å². The SMILES string of the molecule is CCNC(=NCc1ccccc1OC(C)(C)C)NCc1ncc(C(C)(C)C)o1.I. The van der Waals surface area contributed by atoms with Crippen molar-refractivity contribution < 1.29 is 9.15 Å². The third kappa shape index (κ3) is 8.64. The van der Waals surface area contributed by atoms with Crippen molar-refractivity contribution in [2.75, 3.05) is 6.54 Å². The lowest BCUT2D eigenvalue weighted by Crippen LogP contribution is -2.36. The van der Waals surface area contributed by atoms with E-state index in [-0.39, 0.29) is 35.0 Å². The molecule has 162 valence electrons. The van der Waals surface area contributed by atoms with E-state index in [9.17, 15) is 0 Å². The van der Waals surface area contributed by atoms with E-state index in [4.69, 9.17) is 9.15 Å². The number of hydrogen-bond donors (Lipinski definition) is 2. The molecular weight excluding hydrogens is 479 g/mol. The number of benzene rings is 1. The van der Waals surface area contributed by atoms with Crippen LogP contribution in [0.1, 0.15) is 65.7 Å². The molecule has 2 N–H and O–H groups in total. The molecule has 0 atom stereocenters. The number of aliphatic imine (C=N–C) groups is 1. The minimum atomic E-state index is -0.252. The summed E-state index contributed by atoms with van der Waals surface area (Å²) >= 11 is 0. The van der Waals surface area contributed by atoms with Crippen molar-refractivity contribution in [2.45, 2.75) is 72.6 Å². The van der Waals surface area contributed by atoms with Gasteiger partial charge < -0.3 is 19.8 Å². The van der Waals surface area contributed by atoms with Gasteiger partial charge in [0.1, 0.15) is 17.1 Å². The molecule has 0 saturated carbocycles. The number of oxazole rings is 1. The highest BCUT2D eigenvalue weighted by Crippen LogP contribution is 2.24. The van der Waals surface area contributed by atoms with E-state index in [1.54, 1.807) is 6.20 Å². The molecular formula is C22H35IN4O2. The van der Waals surface area contributed by atoms with Gasteiger partial charge in [-0.15, -0.1) is 24.0 Å². The Morgan fingerprint density at radius 1 is 1.10 bits per heavy atom. The number of hydrogen-bond acceptors (Lipinski definition) is 4. The third-order valence-electron chi connectivity index (χ3n) is 3.84. The maximum Gasteiger partial charge on any atom is 0.213 e. The van der Waals surface area contributed by atoms with Gasteiger partial charge in [0.15, 0.2) is 5.96 Å². The Kier molecular flexibility index (Phi) is 9.45. The van der Waals surface area contributed by atoms with Crippen LogP contribution >= 0.6 is 24.0 Å². The van der Waals surface area contributed by atoms with Gasteiger partial charge >= 0.3 is 0 Å². The molecule has 0 spiro atoms. The first kappa shape index (κ1) is 25.3. The quantitative estimate of drug-likeness (QED) is 0.322. The Bertz CT molecular complexity index is 789. The molecule has 7 heteroatoms. The van der Waals surface area contributed by atoms with Crippen LogP contribution in [0.15, 0.2) is 39.9 Å². The Labute approximate surface area is 191 Å². The zero-order chi connectivity index (χ0) is 20.8. The van der Waals surface area contributed by atoms with Gasteiger partial charge in [0.25, 0.3) is 0 Å². The summed E-state index contributed by atoms with van der Waals surface area (Å²) in [7, 11) is 0. The number of para-hydroxylation sites is 1. The van der Waals surface area contributed by atoms with Crippen LogP contribution in [0.2, 0.25) is 0 Å². The van der Waals surface area contributed by atoms with Gasteiger partial charge in [-0.25, -0.2) is 9.98 Å². The maximum atomic E-state index is 6.05. The van der Waals surface area contributed by atoms with Crippen LogP contribution in [-0.2, 0) is 18.5 Å². The van der Waals surface area contributed by atoms with E-state index in [2.05, 4.69) is 41.4 Å². The Hall–Kier alpha value is -1.77. The molecule has 2 rings (SSSR count). The normalized spacial score (nSPS) is 12.3. The predicted molar refractivity (Wildman–Crippen MR) is 129 cm³/mol. The molecule has 0 saturated heterocycles. The van der Waals surface area contributed by atoms with Crippen LogP contribution < -0.4 is 15.4 Å². The molecule has 1 aromatic heterocycles. The van der Waals surface area contributed by atoms with Crippen molar-refractivity contribution in [2.24, 2.45) is 4.99 Å². The Balaban J connectivity index is 0.00000420. The second-order valence-corrected chi connectivity index (χ2v) is 8.74. The maximum absolute atomic E-state index is 6.05. The average Bonchev–Trinajstić information content (AvgIpc) is 3.06. The van der Waals surface area contributed by atoms with Crippen LogP contribution in [0.5, 0.6) is 5.75 Å². The summed E-state index contributed by atoms with van der Waals surface area (Å²) in [6, 6.07) is 8.00.